The van der Waals surface area contributed by atoms with Crippen molar-refractivity contribution in [3.05, 3.63) is 0 Å². The van der Waals surface area contributed by atoms with Crippen LogP contribution in [0.3, 0.4) is 0 Å². The zero-order valence-corrected chi connectivity index (χ0v) is 11.6. The van der Waals surface area contributed by atoms with Gasteiger partial charge in [0.15, 0.2) is 0 Å². The number of carbonyl (C=O) groups is 1. The average Bonchev–Trinajstić information content (AvgIpc) is 2.35. The summed E-state index contributed by atoms with van der Waals surface area (Å²) in [6, 6.07) is 0. The molecule has 1 amide bonds. The standard InChI is InChI=1S/C13H28N2O2/c1-4-6-7-12(5-2)13(16)15(3)9-11-17-10-8-14/h12H,4-11,14H2,1-3H3. The molecule has 0 bridgehead atoms. The Balaban J connectivity index is 3.90. The normalized spacial score (nSPS) is 12.5. The van der Waals surface area contributed by atoms with Gasteiger partial charge in [-0.2, -0.15) is 0 Å². The third-order valence-electron chi connectivity index (χ3n) is 2.96. The first-order valence-electron chi connectivity index (χ1n) is 6.70. The SMILES string of the molecule is CCCCC(CC)C(=O)N(C)CCOCCN. The van der Waals surface area contributed by atoms with Crippen LogP contribution in [0.5, 0.6) is 0 Å². The minimum Gasteiger partial charge on any atom is -0.378 e. The van der Waals surface area contributed by atoms with Gasteiger partial charge in [0.1, 0.15) is 0 Å². The van der Waals surface area contributed by atoms with Crippen LogP contribution < -0.4 is 5.73 Å². The fraction of sp³-hybridized carbons (Fsp3) is 0.923. The van der Waals surface area contributed by atoms with Gasteiger partial charge in [-0.05, 0) is 12.8 Å². The number of amides is 1. The largest absolute Gasteiger partial charge is 0.378 e. The predicted octanol–water partition coefficient (Wildman–Crippen LogP) is 1.64. The minimum absolute atomic E-state index is 0.175. The molecule has 0 radical (unpaired) electrons. The Labute approximate surface area is 105 Å². The number of nitrogens with zero attached hydrogens (tertiary/aromatic N) is 1. The number of hydrogen-bond donors (Lipinski definition) is 1. The molecule has 0 saturated heterocycles. The highest BCUT2D eigenvalue weighted by molar-refractivity contribution is 5.78. The number of rotatable bonds is 10. The first-order valence-corrected chi connectivity index (χ1v) is 6.70. The number of unbranched alkanes of at least 4 members (excludes halogenated alkanes) is 1. The van der Waals surface area contributed by atoms with Gasteiger partial charge < -0.3 is 15.4 Å². The Morgan fingerprint density at radius 1 is 1.35 bits per heavy atom. The summed E-state index contributed by atoms with van der Waals surface area (Å²) in [7, 11) is 1.85. The highest BCUT2D eigenvalue weighted by atomic mass is 16.5. The molecule has 2 N–H and O–H groups in total. The lowest BCUT2D eigenvalue weighted by molar-refractivity contribution is -0.135. The summed E-state index contributed by atoms with van der Waals surface area (Å²) < 4.78 is 5.28. The molecule has 0 saturated carbocycles. The Bertz CT molecular complexity index is 198. The summed E-state index contributed by atoms with van der Waals surface area (Å²) in [4.78, 5) is 13.9. The highest BCUT2D eigenvalue weighted by Crippen LogP contribution is 2.15. The lowest BCUT2D eigenvalue weighted by atomic mass is 9.98. The van der Waals surface area contributed by atoms with Crippen molar-refractivity contribution in [2.75, 3.05) is 33.4 Å². The van der Waals surface area contributed by atoms with Crippen LogP contribution >= 0.6 is 0 Å². The zero-order chi connectivity index (χ0) is 13.1. The van der Waals surface area contributed by atoms with Crippen LogP contribution in [0.1, 0.15) is 39.5 Å². The molecule has 0 aromatic carbocycles. The van der Waals surface area contributed by atoms with Crippen LogP contribution in [0, 0.1) is 5.92 Å². The minimum atomic E-state index is 0.175. The highest BCUT2D eigenvalue weighted by Gasteiger charge is 2.19. The lowest BCUT2D eigenvalue weighted by Crippen LogP contribution is -2.35. The number of ether oxygens (including phenoxy) is 1. The summed E-state index contributed by atoms with van der Waals surface area (Å²) in [6.45, 7) is 6.56. The van der Waals surface area contributed by atoms with Gasteiger partial charge in [0, 0.05) is 26.1 Å². The van der Waals surface area contributed by atoms with E-state index in [2.05, 4.69) is 13.8 Å². The number of hydrogen-bond acceptors (Lipinski definition) is 3. The van der Waals surface area contributed by atoms with Crippen molar-refractivity contribution in [2.24, 2.45) is 11.7 Å². The molecule has 0 fully saturated rings. The number of carbonyl (C=O) groups excluding carboxylic acids is 1. The van der Waals surface area contributed by atoms with Crippen LogP contribution in [-0.4, -0.2) is 44.2 Å². The van der Waals surface area contributed by atoms with Crippen molar-refractivity contribution < 1.29 is 9.53 Å². The molecule has 4 heteroatoms. The lowest BCUT2D eigenvalue weighted by Gasteiger charge is -2.22. The van der Waals surface area contributed by atoms with Gasteiger partial charge in [0.2, 0.25) is 5.91 Å². The van der Waals surface area contributed by atoms with Crippen molar-refractivity contribution in [3.63, 3.8) is 0 Å². The van der Waals surface area contributed by atoms with Gasteiger partial charge in [-0.15, -0.1) is 0 Å². The second-order valence-corrected chi connectivity index (χ2v) is 4.41. The molecule has 0 spiro atoms. The Kier molecular flexibility index (Phi) is 10.2. The quantitative estimate of drug-likeness (QED) is 0.594. The van der Waals surface area contributed by atoms with E-state index in [1.165, 1.54) is 0 Å². The maximum atomic E-state index is 12.1. The molecule has 4 nitrogen and oxygen atoms in total. The summed E-state index contributed by atoms with van der Waals surface area (Å²) in [6.07, 6.45) is 4.20. The topological polar surface area (TPSA) is 55.6 Å². The molecule has 0 aromatic rings. The Morgan fingerprint density at radius 3 is 2.59 bits per heavy atom. The van der Waals surface area contributed by atoms with Crippen molar-refractivity contribution in [1.29, 1.82) is 0 Å². The molecule has 0 aliphatic rings. The van der Waals surface area contributed by atoms with Crippen molar-refractivity contribution in [2.45, 2.75) is 39.5 Å². The van der Waals surface area contributed by atoms with Gasteiger partial charge in [-0.3, -0.25) is 4.79 Å². The van der Waals surface area contributed by atoms with Gasteiger partial charge in [0.05, 0.1) is 13.2 Å². The van der Waals surface area contributed by atoms with E-state index in [1.807, 2.05) is 7.05 Å². The first kappa shape index (κ1) is 16.4. The molecular weight excluding hydrogens is 216 g/mol. The van der Waals surface area contributed by atoms with Gasteiger partial charge in [-0.1, -0.05) is 26.7 Å². The second kappa shape index (κ2) is 10.5. The zero-order valence-electron chi connectivity index (χ0n) is 11.6. The predicted molar refractivity (Wildman–Crippen MR) is 70.8 cm³/mol. The maximum absolute atomic E-state index is 12.1. The van der Waals surface area contributed by atoms with E-state index >= 15 is 0 Å². The molecule has 0 rings (SSSR count). The average molecular weight is 244 g/mol. The van der Waals surface area contributed by atoms with Crippen molar-refractivity contribution in [3.8, 4) is 0 Å². The summed E-state index contributed by atoms with van der Waals surface area (Å²) in [5.41, 5.74) is 5.32. The summed E-state index contributed by atoms with van der Waals surface area (Å²) in [5.74, 6) is 0.423. The Morgan fingerprint density at radius 2 is 2.06 bits per heavy atom. The van der Waals surface area contributed by atoms with Gasteiger partial charge in [0.25, 0.3) is 0 Å². The first-order chi connectivity index (χ1) is 8.17. The maximum Gasteiger partial charge on any atom is 0.225 e. The Hall–Kier alpha value is -0.610. The summed E-state index contributed by atoms with van der Waals surface area (Å²) in [5, 5.41) is 0. The van der Waals surface area contributed by atoms with Crippen molar-refractivity contribution in [1.82, 2.24) is 4.90 Å². The summed E-state index contributed by atoms with van der Waals surface area (Å²) >= 11 is 0. The van der Waals surface area contributed by atoms with Crippen LogP contribution in [-0.2, 0) is 9.53 Å². The molecule has 0 aliphatic heterocycles. The number of likely N-dealkylation sites (N-methyl/N-ethyl adjacent to an activating group) is 1. The van der Waals surface area contributed by atoms with Crippen LogP contribution in [0.4, 0.5) is 0 Å². The smallest absolute Gasteiger partial charge is 0.225 e. The van der Waals surface area contributed by atoms with E-state index in [9.17, 15) is 4.79 Å². The molecule has 0 heterocycles. The van der Waals surface area contributed by atoms with E-state index in [-0.39, 0.29) is 11.8 Å². The van der Waals surface area contributed by atoms with Crippen LogP contribution in [0.25, 0.3) is 0 Å². The molecular formula is C13H28N2O2. The van der Waals surface area contributed by atoms with Crippen LogP contribution in [0.2, 0.25) is 0 Å². The van der Waals surface area contributed by atoms with Gasteiger partial charge >= 0.3 is 0 Å². The molecule has 1 unspecified atom stereocenters. The van der Waals surface area contributed by atoms with E-state index in [0.29, 0.717) is 26.3 Å². The molecule has 17 heavy (non-hydrogen) atoms. The van der Waals surface area contributed by atoms with E-state index in [4.69, 9.17) is 10.5 Å². The second-order valence-electron chi connectivity index (χ2n) is 4.41. The van der Waals surface area contributed by atoms with E-state index in [1.54, 1.807) is 4.90 Å². The van der Waals surface area contributed by atoms with Gasteiger partial charge in [-0.25, -0.2) is 0 Å². The van der Waals surface area contributed by atoms with Crippen LogP contribution in [0.15, 0.2) is 0 Å². The molecule has 0 aliphatic carbocycles. The number of nitrogens with two attached hydrogens (primary N) is 1. The van der Waals surface area contributed by atoms with E-state index in [0.717, 1.165) is 25.7 Å². The fourth-order valence-corrected chi connectivity index (χ4v) is 1.76. The third-order valence-corrected chi connectivity index (χ3v) is 2.96. The fourth-order valence-electron chi connectivity index (χ4n) is 1.76. The molecule has 0 aromatic heterocycles. The van der Waals surface area contributed by atoms with E-state index < -0.39 is 0 Å². The molecule has 102 valence electrons. The monoisotopic (exact) mass is 244 g/mol. The van der Waals surface area contributed by atoms with Crippen molar-refractivity contribution >= 4 is 5.91 Å². The molecule has 1 atom stereocenters. The third kappa shape index (κ3) is 7.34.